The Labute approximate surface area is 113 Å². The summed E-state index contributed by atoms with van der Waals surface area (Å²) in [5.74, 6) is 0.689. The summed E-state index contributed by atoms with van der Waals surface area (Å²) in [6, 6.07) is 1.20. The summed E-state index contributed by atoms with van der Waals surface area (Å²) in [6.07, 6.45) is 3.50. The molecule has 0 aromatic rings. The second kappa shape index (κ2) is 7.93. The topological polar surface area (TPSA) is 24.5 Å². The fourth-order valence-electron chi connectivity index (χ4n) is 2.49. The van der Waals surface area contributed by atoms with Gasteiger partial charge in [-0.1, -0.05) is 33.8 Å². The quantitative estimate of drug-likeness (QED) is 0.706. The summed E-state index contributed by atoms with van der Waals surface area (Å²) in [5.41, 5.74) is 1.45. The molecule has 1 aliphatic heterocycles. The highest BCUT2D eigenvalue weighted by Gasteiger charge is 2.23. The van der Waals surface area contributed by atoms with E-state index in [9.17, 15) is 0 Å². The lowest BCUT2D eigenvalue weighted by molar-refractivity contribution is 0.152. The number of methoxy groups -OCH3 is 1. The number of nitrogens with zero attached hydrogens (tertiary/aromatic N) is 1. The molecule has 0 amide bonds. The predicted molar refractivity (Wildman–Crippen MR) is 77.9 cm³/mol. The number of nitrogens with one attached hydrogen (secondary N) is 1. The summed E-state index contributed by atoms with van der Waals surface area (Å²) >= 11 is 0. The minimum absolute atomic E-state index is 0.565. The molecule has 1 atom stereocenters. The summed E-state index contributed by atoms with van der Waals surface area (Å²) in [4.78, 5) is 2.60. The molecule has 106 valence electrons. The van der Waals surface area contributed by atoms with E-state index in [4.69, 9.17) is 4.74 Å². The van der Waals surface area contributed by atoms with Gasteiger partial charge >= 0.3 is 0 Å². The highest BCUT2D eigenvalue weighted by atomic mass is 16.5. The second-order valence-electron chi connectivity index (χ2n) is 5.91. The second-order valence-corrected chi connectivity index (χ2v) is 5.91. The van der Waals surface area contributed by atoms with Crippen molar-refractivity contribution in [3.63, 3.8) is 0 Å². The Kier molecular flexibility index (Phi) is 6.90. The van der Waals surface area contributed by atoms with Crippen LogP contribution in [0.4, 0.5) is 0 Å². The lowest BCUT2D eigenvalue weighted by Gasteiger charge is -2.37. The Morgan fingerprint density at radius 1 is 1.33 bits per heavy atom. The molecule has 0 saturated heterocycles. The molecule has 1 rings (SSSR count). The Morgan fingerprint density at radius 3 is 2.50 bits per heavy atom. The summed E-state index contributed by atoms with van der Waals surface area (Å²) < 4.78 is 5.20. The van der Waals surface area contributed by atoms with E-state index < -0.39 is 0 Å². The van der Waals surface area contributed by atoms with Gasteiger partial charge in [0.15, 0.2) is 0 Å². The van der Waals surface area contributed by atoms with Crippen molar-refractivity contribution in [2.45, 2.75) is 46.2 Å². The van der Waals surface area contributed by atoms with Gasteiger partial charge in [-0.25, -0.2) is 0 Å². The minimum Gasteiger partial charge on any atom is -0.380 e. The molecular weight excluding hydrogens is 224 g/mol. The molecule has 18 heavy (non-hydrogen) atoms. The summed E-state index contributed by atoms with van der Waals surface area (Å²) in [6.45, 7) is 13.2. The maximum atomic E-state index is 5.20. The van der Waals surface area contributed by atoms with E-state index in [0.717, 1.165) is 32.7 Å². The van der Waals surface area contributed by atoms with Crippen molar-refractivity contribution in [3.05, 3.63) is 11.6 Å². The van der Waals surface area contributed by atoms with Crippen LogP contribution >= 0.6 is 0 Å². The van der Waals surface area contributed by atoms with Crippen LogP contribution in [0.15, 0.2) is 11.6 Å². The van der Waals surface area contributed by atoms with Gasteiger partial charge in [0, 0.05) is 38.8 Å². The summed E-state index contributed by atoms with van der Waals surface area (Å²) in [5, 5.41) is 3.57. The van der Waals surface area contributed by atoms with E-state index in [1.807, 2.05) is 0 Å². The summed E-state index contributed by atoms with van der Waals surface area (Å²) in [7, 11) is 1.77. The van der Waals surface area contributed by atoms with E-state index in [-0.39, 0.29) is 0 Å². The third-order valence-corrected chi connectivity index (χ3v) is 3.64. The van der Waals surface area contributed by atoms with Crippen LogP contribution in [-0.2, 0) is 4.74 Å². The maximum Gasteiger partial charge on any atom is 0.0673 e. The van der Waals surface area contributed by atoms with Crippen molar-refractivity contribution in [3.8, 4) is 0 Å². The van der Waals surface area contributed by atoms with Crippen molar-refractivity contribution in [1.82, 2.24) is 10.2 Å². The Balaban J connectivity index is 2.50. The van der Waals surface area contributed by atoms with Crippen LogP contribution in [0.1, 0.15) is 34.1 Å². The largest absolute Gasteiger partial charge is 0.380 e. The molecule has 1 heterocycles. The van der Waals surface area contributed by atoms with Crippen LogP contribution in [-0.4, -0.2) is 50.3 Å². The molecule has 1 aliphatic rings. The number of rotatable bonds is 7. The molecule has 0 aliphatic carbocycles. The number of hydrogen-bond acceptors (Lipinski definition) is 3. The molecule has 0 fully saturated rings. The van der Waals surface area contributed by atoms with Crippen LogP contribution in [0.2, 0.25) is 0 Å². The molecule has 1 unspecified atom stereocenters. The van der Waals surface area contributed by atoms with Crippen molar-refractivity contribution >= 4 is 0 Å². The molecule has 0 spiro atoms. The average molecular weight is 254 g/mol. The van der Waals surface area contributed by atoms with Crippen LogP contribution in [0.25, 0.3) is 0 Å². The smallest absolute Gasteiger partial charge is 0.0673 e. The normalized spacial score (nSPS) is 19.4. The standard InChI is InChI=1S/C15H30N2O/c1-12(2)15(10-16-13(3)4)17-8-6-14(7-9-17)11-18-5/h6,12-13,15-16H,7-11H2,1-5H3. The Hall–Kier alpha value is -0.380. The first-order chi connectivity index (χ1) is 8.54. The predicted octanol–water partition coefficient (Wildman–Crippen LogP) is 2.29. The van der Waals surface area contributed by atoms with Gasteiger partial charge in [-0.15, -0.1) is 0 Å². The van der Waals surface area contributed by atoms with E-state index in [0.29, 0.717) is 18.0 Å². The molecular formula is C15H30N2O. The lowest BCUT2D eigenvalue weighted by Crippen LogP contribution is -2.48. The van der Waals surface area contributed by atoms with Gasteiger partial charge in [-0.2, -0.15) is 0 Å². The zero-order valence-corrected chi connectivity index (χ0v) is 12.7. The highest BCUT2D eigenvalue weighted by Crippen LogP contribution is 2.17. The van der Waals surface area contributed by atoms with E-state index in [2.05, 4.69) is 44.0 Å². The molecule has 0 radical (unpaired) electrons. The molecule has 0 aromatic carbocycles. The van der Waals surface area contributed by atoms with Crippen LogP contribution < -0.4 is 5.32 Å². The zero-order valence-electron chi connectivity index (χ0n) is 12.7. The lowest BCUT2D eigenvalue weighted by atomic mass is 9.99. The SMILES string of the molecule is COCC1=CCN(C(CNC(C)C)C(C)C)CC1. The molecule has 0 saturated carbocycles. The minimum atomic E-state index is 0.565. The monoisotopic (exact) mass is 254 g/mol. The Bertz CT molecular complexity index is 261. The average Bonchev–Trinajstić information content (AvgIpc) is 2.31. The van der Waals surface area contributed by atoms with Crippen molar-refractivity contribution in [1.29, 1.82) is 0 Å². The first-order valence-electron chi connectivity index (χ1n) is 7.18. The van der Waals surface area contributed by atoms with E-state index in [1.54, 1.807) is 7.11 Å². The third-order valence-electron chi connectivity index (χ3n) is 3.64. The Morgan fingerprint density at radius 2 is 2.06 bits per heavy atom. The van der Waals surface area contributed by atoms with Crippen LogP contribution in [0, 0.1) is 5.92 Å². The fraction of sp³-hybridized carbons (Fsp3) is 0.867. The highest BCUT2D eigenvalue weighted by molar-refractivity contribution is 5.08. The fourth-order valence-corrected chi connectivity index (χ4v) is 2.49. The van der Waals surface area contributed by atoms with Gasteiger partial charge in [0.1, 0.15) is 0 Å². The molecule has 3 heteroatoms. The van der Waals surface area contributed by atoms with Gasteiger partial charge < -0.3 is 10.1 Å². The van der Waals surface area contributed by atoms with Crippen LogP contribution in [0.3, 0.4) is 0 Å². The zero-order chi connectivity index (χ0) is 13.5. The third kappa shape index (κ3) is 5.09. The maximum absolute atomic E-state index is 5.20. The van der Waals surface area contributed by atoms with E-state index in [1.165, 1.54) is 5.57 Å². The van der Waals surface area contributed by atoms with Crippen molar-refractivity contribution in [2.75, 3.05) is 33.4 Å². The van der Waals surface area contributed by atoms with Gasteiger partial charge in [0.05, 0.1) is 6.61 Å². The first-order valence-corrected chi connectivity index (χ1v) is 7.18. The van der Waals surface area contributed by atoms with Gasteiger partial charge in [-0.05, 0) is 17.9 Å². The van der Waals surface area contributed by atoms with Gasteiger partial charge in [-0.3, -0.25) is 4.90 Å². The number of ether oxygens (including phenoxy) is 1. The molecule has 0 bridgehead atoms. The first kappa shape index (κ1) is 15.7. The number of hydrogen-bond donors (Lipinski definition) is 1. The van der Waals surface area contributed by atoms with Crippen molar-refractivity contribution in [2.24, 2.45) is 5.92 Å². The molecule has 3 nitrogen and oxygen atoms in total. The molecule has 1 N–H and O–H groups in total. The van der Waals surface area contributed by atoms with Gasteiger partial charge in [0.2, 0.25) is 0 Å². The van der Waals surface area contributed by atoms with Crippen molar-refractivity contribution < 1.29 is 4.74 Å². The van der Waals surface area contributed by atoms with Crippen LogP contribution in [0.5, 0.6) is 0 Å². The van der Waals surface area contributed by atoms with E-state index >= 15 is 0 Å². The van der Waals surface area contributed by atoms with Gasteiger partial charge in [0.25, 0.3) is 0 Å². The molecule has 0 aromatic heterocycles.